The minimum atomic E-state index is -2.42. The number of carbonyl (C=O) groups is 13. The van der Waals surface area contributed by atoms with E-state index in [-0.39, 0.29) is 37.4 Å². The topological polar surface area (TPSA) is 672 Å². The summed E-state index contributed by atoms with van der Waals surface area (Å²) in [6.07, 6.45) is 5.24. The van der Waals surface area contributed by atoms with Gasteiger partial charge in [0.15, 0.2) is 5.82 Å². The number of aliphatic hydroxyl groups is 3. The standard InChI is InChI=1S/C97H133FN24O23/c1-9-62-45-67(144-33-13-12-32-122-51-66(113-121-122)53-143-40-39-142-38-37-141-36-35-140-34-31-102-95(139)145-54-71-69-25-27-73-74(115-118-114-73)28-26-70(69)71)23-24-68(62)63-21-19-60(20-22-63)44-76(87(131)105-75(85(99)129)18-14-15-61-42-56(2)41-57(3)43-61)106-88(132)78(47-82(127)128)107-89(133)79(52-123)108-90(134)83(58(4)124)111-94(138)97(8,48-64-16-10-11-17-72(64)98)112-91(135)84(59(5)125)110-81(126)50-103-86(130)77(46-80-116-119-120-117-80)109-93(137)96(6,7)92(136)101-30-29-65-49-100-55-104-65/h10-11,16-17,19-24,41-43,45,49,51,55,58-59,69-71,75-79,83-84,123-125H,9,12-15,18,25-40,44,46-48,50,52-54H2,1-8H3,(H2,99,129)(H,100,104)(H,101,136)(H,102,139)(H,103,130)(H,105,131)(H,106,132)(H,107,133)(H,108,134)(H,109,137)(H,110,126)(H,111,138)(H,112,135)(H,127,128)(H,114,115,118)(H,116,117,119,120)/t58-,59-,69-,70+,71-,75+,76+,77+,78+,79+,83+,84+,97+/m1/s1. The zero-order valence-electron chi connectivity index (χ0n) is 82.5. The van der Waals surface area contributed by atoms with Crippen molar-refractivity contribution in [1.82, 2.24) is 119 Å². The van der Waals surface area contributed by atoms with E-state index in [1.165, 1.54) is 38.4 Å². The Bertz CT molecular complexity index is 5560. The number of aromatic nitrogens is 12. The zero-order valence-corrected chi connectivity index (χ0v) is 82.5. The van der Waals surface area contributed by atoms with Gasteiger partial charge in [-0.05, 0) is 182 Å². The molecule has 10 rings (SSSR count). The van der Waals surface area contributed by atoms with Crippen molar-refractivity contribution in [2.24, 2.45) is 28.9 Å². The number of aliphatic carboxylic acids is 1. The molecule has 2 aliphatic rings. The van der Waals surface area contributed by atoms with Crippen LogP contribution in [0.2, 0.25) is 0 Å². The number of hydrogen-bond acceptors (Lipinski definition) is 30. The summed E-state index contributed by atoms with van der Waals surface area (Å²) in [7, 11) is 0. The van der Waals surface area contributed by atoms with E-state index < -0.39 is 181 Å². The number of nitrogens with two attached hydrogens (primary N) is 1. The SMILES string of the molecule is CCc1cc(OCCCCn2cc(COCCOCCOCCOCCNC(=O)OC[C@@H]3[C@@H]4CCc5[nH]nnc5CC[C@@H]43)nn2)ccc1-c1ccc(C[C@H](NC(=O)[C@H](CC(=O)O)NC(=O)[C@H](CO)NC(=O)[C@@H](NC(=O)[C@](C)(Cc2ccccc2F)NC(=O)[C@@H](NC(=O)CNC(=O)[C@H](Cc2nn[nH]n2)NC(=O)C(C)(C)C(=O)NCCc2cnc[nH]2)[C@@H](C)O)[C@@H](C)O)C(=O)N[C@@H](CCCc2cc(C)cc(C)c2)C(N)=O)cc1. The lowest BCUT2D eigenvalue weighted by Crippen LogP contribution is -2.67. The molecule has 48 heteroatoms. The number of aromatic amines is 3. The maximum atomic E-state index is 15.6. The molecule has 1 saturated carbocycles. The number of primary amides is 1. The van der Waals surface area contributed by atoms with Crippen LogP contribution in [0.1, 0.15) is 148 Å². The summed E-state index contributed by atoms with van der Waals surface area (Å²) in [6, 6.07) is 10.9. The van der Waals surface area contributed by atoms with E-state index in [9.17, 15) is 82.8 Å². The summed E-state index contributed by atoms with van der Waals surface area (Å²) in [6.45, 7) is 14.0. The number of alkyl carbamates (subject to hydrolysis) is 1. The number of aryl methyl sites for hydroxylation is 7. The van der Waals surface area contributed by atoms with Gasteiger partial charge in [0.05, 0.1) is 122 Å². The second-order valence-corrected chi connectivity index (χ2v) is 36.7. The molecule has 0 unspecified atom stereocenters. The number of carboxylic acid groups (broad SMARTS) is 1. The largest absolute Gasteiger partial charge is 0.494 e. The van der Waals surface area contributed by atoms with Gasteiger partial charge >= 0.3 is 12.1 Å². The van der Waals surface area contributed by atoms with Crippen molar-refractivity contribution in [3.8, 4) is 16.9 Å². The summed E-state index contributed by atoms with van der Waals surface area (Å²) < 4.78 is 51.6. The van der Waals surface area contributed by atoms with Gasteiger partial charge in [-0.3, -0.25) is 67.3 Å². The Morgan fingerprint density at radius 1 is 0.621 bits per heavy atom. The number of fused-ring (bicyclic) bond motifs is 2. The molecule has 2 aliphatic carbocycles. The summed E-state index contributed by atoms with van der Waals surface area (Å²) in [4.78, 5) is 187. The molecule has 4 heterocycles. The number of nitrogens with zero attached hydrogens (tertiary/aromatic N) is 9. The van der Waals surface area contributed by atoms with Crippen molar-refractivity contribution < 1.29 is 116 Å². The van der Waals surface area contributed by atoms with Crippen LogP contribution in [-0.2, 0) is 146 Å². The van der Waals surface area contributed by atoms with Gasteiger partial charge in [-0.15, -0.1) is 20.4 Å². The number of tetrazole rings is 1. The third-order valence-corrected chi connectivity index (χ3v) is 24.8. The van der Waals surface area contributed by atoms with Crippen LogP contribution in [0.25, 0.3) is 11.1 Å². The maximum absolute atomic E-state index is 15.6. The number of carbonyl (C=O) groups excluding carboxylic acids is 12. The highest BCUT2D eigenvalue weighted by atomic mass is 19.1. The lowest BCUT2D eigenvalue weighted by Gasteiger charge is -2.34. The van der Waals surface area contributed by atoms with Crippen molar-refractivity contribution in [2.75, 3.05) is 85.7 Å². The molecule has 0 aliphatic heterocycles. The molecule has 20 N–H and O–H groups in total. The Kier molecular flexibility index (Phi) is 43.7. The van der Waals surface area contributed by atoms with Gasteiger partial charge in [0, 0.05) is 57.2 Å². The fraction of sp³-hybridized carbons (Fsp3) is 0.536. The Balaban J connectivity index is 0.696. The Hall–Kier alpha value is -14.2. The van der Waals surface area contributed by atoms with Crippen LogP contribution in [-0.4, -0.2) is 304 Å². The number of amides is 12. The van der Waals surface area contributed by atoms with E-state index in [1.54, 1.807) is 35.1 Å². The van der Waals surface area contributed by atoms with Gasteiger partial charge in [0.2, 0.25) is 65.0 Å². The zero-order chi connectivity index (χ0) is 105. The van der Waals surface area contributed by atoms with Crippen LogP contribution in [0.5, 0.6) is 5.75 Å². The monoisotopic (exact) mass is 2020 g/mol. The maximum Gasteiger partial charge on any atom is 0.407 e. The summed E-state index contributed by atoms with van der Waals surface area (Å²) in [5.74, 6) is -12.9. The van der Waals surface area contributed by atoms with Gasteiger partial charge < -0.3 is 118 Å². The first-order valence-electron chi connectivity index (χ1n) is 48.3. The molecule has 0 radical (unpaired) electrons. The van der Waals surface area contributed by atoms with Gasteiger partial charge in [-0.2, -0.15) is 5.21 Å². The van der Waals surface area contributed by atoms with E-state index in [0.717, 1.165) is 104 Å². The van der Waals surface area contributed by atoms with E-state index in [0.29, 0.717) is 145 Å². The number of carboxylic acids is 1. The fourth-order valence-electron chi connectivity index (χ4n) is 16.7. The first-order chi connectivity index (χ1) is 69.5. The number of halogens is 1. The molecule has 786 valence electrons. The molecule has 0 bridgehead atoms. The third kappa shape index (κ3) is 35.7. The number of aliphatic hydroxyl groups excluding tert-OH is 3. The Morgan fingerprint density at radius 3 is 1.95 bits per heavy atom. The number of ether oxygens (including phenoxy) is 6. The lowest BCUT2D eigenvalue weighted by molar-refractivity contribution is -0.143. The van der Waals surface area contributed by atoms with Crippen LogP contribution < -0.4 is 69.0 Å². The van der Waals surface area contributed by atoms with Crippen molar-refractivity contribution in [2.45, 2.75) is 225 Å². The van der Waals surface area contributed by atoms with Gasteiger partial charge in [0.25, 0.3) is 0 Å². The second kappa shape index (κ2) is 56.2. The molecule has 12 amide bonds. The van der Waals surface area contributed by atoms with Crippen LogP contribution in [0.4, 0.5) is 9.18 Å². The normalized spacial score (nSPS) is 16.0. The molecule has 13 atom stereocenters. The minimum absolute atomic E-state index is 0.0558. The molecule has 4 aromatic carbocycles. The summed E-state index contributed by atoms with van der Waals surface area (Å²) >= 11 is 0. The number of H-pyrrole nitrogens is 3. The first kappa shape index (κ1) is 113. The van der Waals surface area contributed by atoms with Crippen LogP contribution in [0.15, 0.2) is 104 Å². The number of imidazole rings is 1. The first-order valence-corrected chi connectivity index (χ1v) is 48.3. The van der Waals surface area contributed by atoms with Gasteiger partial charge in [-0.25, -0.2) is 14.2 Å². The summed E-state index contributed by atoms with van der Waals surface area (Å²) in [5, 5.41) is 103. The van der Waals surface area contributed by atoms with E-state index in [4.69, 9.17) is 34.2 Å². The quantitative estimate of drug-likeness (QED) is 0.0173. The third-order valence-electron chi connectivity index (χ3n) is 24.8. The number of benzene rings is 4. The highest BCUT2D eigenvalue weighted by molar-refractivity contribution is 6.06. The molecule has 47 nitrogen and oxygen atoms in total. The highest BCUT2D eigenvalue weighted by Crippen LogP contribution is 2.53. The average Bonchev–Trinajstić information content (AvgIpc) is 1.61. The molecular weight excluding hydrogens is 1890 g/mol. The van der Waals surface area contributed by atoms with Gasteiger partial charge in [0.1, 0.15) is 70.5 Å². The fourth-order valence-corrected chi connectivity index (χ4v) is 16.7. The van der Waals surface area contributed by atoms with Crippen LogP contribution in [0, 0.1) is 42.8 Å². The molecule has 4 aromatic heterocycles. The van der Waals surface area contributed by atoms with E-state index >= 15 is 4.39 Å². The Morgan fingerprint density at radius 2 is 1.28 bits per heavy atom. The molecule has 8 aromatic rings. The number of nitrogens with one attached hydrogen (secondary N) is 14. The Labute approximate surface area is 836 Å². The highest BCUT2D eigenvalue weighted by Gasteiger charge is 2.51. The van der Waals surface area contributed by atoms with Crippen LogP contribution in [0.3, 0.4) is 0 Å². The molecule has 0 saturated heterocycles. The number of hydrogen-bond donors (Lipinski definition) is 19. The minimum Gasteiger partial charge on any atom is -0.494 e. The smallest absolute Gasteiger partial charge is 0.407 e. The molecule has 1 fully saturated rings. The lowest BCUT2D eigenvalue weighted by atomic mass is 9.90. The van der Waals surface area contributed by atoms with Crippen molar-refractivity contribution in [3.63, 3.8) is 0 Å². The molecular formula is C97H133FN24O23. The number of rotatable bonds is 62. The molecule has 0 spiro atoms. The number of unbranched alkanes of at least 4 members (excludes halogenated alkanes) is 1. The van der Waals surface area contributed by atoms with Crippen LogP contribution >= 0.6 is 0 Å². The second-order valence-electron chi connectivity index (χ2n) is 36.7. The predicted octanol–water partition coefficient (Wildman–Crippen LogP) is -0.255. The van der Waals surface area contributed by atoms with Crippen molar-refractivity contribution >= 4 is 77.0 Å². The molecule has 145 heavy (non-hydrogen) atoms. The predicted molar refractivity (Wildman–Crippen MR) is 516 cm³/mol. The van der Waals surface area contributed by atoms with Crippen molar-refractivity contribution in [3.05, 3.63) is 171 Å². The van der Waals surface area contributed by atoms with E-state index in [2.05, 4.69) is 115 Å². The van der Waals surface area contributed by atoms with Gasteiger partial charge in [-0.1, -0.05) is 100 Å². The van der Waals surface area contributed by atoms with E-state index in [1.807, 2.05) is 63.4 Å². The summed E-state index contributed by atoms with van der Waals surface area (Å²) in [5.41, 5.74) is 11.0. The average molecular weight is 2020 g/mol. The van der Waals surface area contributed by atoms with Crippen molar-refractivity contribution in [1.29, 1.82) is 0 Å².